The van der Waals surface area contributed by atoms with Gasteiger partial charge in [0.2, 0.25) is 0 Å². The van der Waals surface area contributed by atoms with Crippen LogP contribution >= 0.6 is 36.2 Å². The molecule has 0 spiro atoms. The third kappa shape index (κ3) is 5.14. The predicted molar refractivity (Wildman–Crippen MR) is 98.1 cm³/mol. The zero-order valence-electron chi connectivity index (χ0n) is 12.4. The maximum atomic E-state index is 12.2. The highest BCUT2D eigenvalue weighted by Gasteiger charge is 2.13. The predicted octanol–water partition coefficient (Wildman–Crippen LogP) is 2.81. The van der Waals surface area contributed by atoms with Crippen LogP contribution < -0.4 is 16.0 Å². The molecule has 122 valence electrons. The van der Waals surface area contributed by atoms with Crippen LogP contribution in [0.3, 0.4) is 0 Å². The Bertz CT molecular complexity index is 604. The lowest BCUT2D eigenvalue weighted by atomic mass is 10.2. The van der Waals surface area contributed by atoms with Gasteiger partial charge in [-0.25, -0.2) is 4.98 Å². The molecular formula is C14H20Cl2N4OS. The number of carbonyl (C=O) groups excluding carboxylic acids is 1. The number of carbonyl (C=O) groups is 1. The number of hydrogen-bond acceptors (Lipinski definition) is 5. The molecule has 1 heterocycles. The first-order valence-corrected chi connectivity index (χ1v) is 7.22. The number of para-hydroxylation sites is 2. The molecule has 0 aliphatic heterocycles. The zero-order valence-corrected chi connectivity index (χ0v) is 14.9. The van der Waals surface area contributed by atoms with Crippen LogP contribution in [-0.2, 0) is 6.42 Å². The van der Waals surface area contributed by atoms with Gasteiger partial charge >= 0.3 is 0 Å². The first-order valence-electron chi connectivity index (χ1n) is 6.34. The summed E-state index contributed by atoms with van der Waals surface area (Å²) in [5, 5.41) is 5.55. The molecular weight excluding hydrogens is 343 g/mol. The van der Waals surface area contributed by atoms with Gasteiger partial charge in [-0.05, 0) is 18.7 Å². The molecule has 22 heavy (non-hydrogen) atoms. The Labute approximate surface area is 146 Å². The molecule has 0 aliphatic carbocycles. The van der Waals surface area contributed by atoms with E-state index in [9.17, 15) is 4.79 Å². The highest BCUT2D eigenvalue weighted by atomic mass is 35.5. The summed E-state index contributed by atoms with van der Waals surface area (Å²) in [7, 11) is 3.88. The van der Waals surface area contributed by atoms with E-state index in [0.717, 1.165) is 16.4 Å². The molecule has 0 unspecified atom stereocenters. The van der Waals surface area contributed by atoms with Crippen LogP contribution in [0.1, 0.15) is 15.5 Å². The number of nitrogens with zero attached hydrogens (tertiary/aromatic N) is 2. The number of thiazole rings is 1. The van der Waals surface area contributed by atoms with Gasteiger partial charge in [0.1, 0.15) is 5.69 Å². The number of nitrogens with one attached hydrogen (secondary N) is 1. The van der Waals surface area contributed by atoms with E-state index >= 15 is 0 Å². The maximum absolute atomic E-state index is 12.2. The lowest BCUT2D eigenvalue weighted by molar-refractivity contribution is 0.102. The van der Waals surface area contributed by atoms with E-state index in [-0.39, 0.29) is 30.7 Å². The van der Waals surface area contributed by atoms with Crippen molar-refractivity contribution in [3.63, 3.8) is 0 Å². The molecule has 0 atom stereocenters. The van der Waals surface area contributed by atoms with E-state index in [1.54, 1.807) is 5.38 Å². The second-order valence-corrected chi connectivity index (χ2v) is 5.47. The Morgan fingerprint density at radius 2 is 2.00 bits per heavy atom. The molecule has 8 heteroatoms. The molecule has 5 nitrogen and oxygen atoms in total. The lowest BCUT2D eigenvalue weighted by Gasteiger charge is -2.17. The minimum Gasteiger partial charge on any atom is -0.376 e. The third-order valence-electron chi connectivity index (χ3n) is 2.78. The second kappa shape index (κ2) is 9.63. The minimum absolute atomic E-state index is 0. The zero-order chi connectivity index (χ0) is 14.5. The summed E-state index contributed by atoms with van der Waals surface area (Å²) in [5.74, 6) is -0.196. The van der Waals surface area contributed by atoms with Crippen molar-refractivity contribution in [3.05, 3.63) is 40.3 Å². The molecule has 2 rings (SSSR count). The van der Waals surface area contributed by atoms with Crippen molar-refractivity contribution in [3.8, 4) is 0 Å². The highest BCUT2D eigenvalue weighted by molar-refractivity contribution is 7.09. The van der Waals surface area contributed by atoms with Gasteiger partial charge < -0.3 is 16.0 Å². The van der Waals surface area contributed by atoms with Crippen molar-refractivity contribution in [2.24, 2.45) is 5.73 Å². The number of nitrogens with two attached hydrogens (primary N) is 1. The van der Waals surface area contributed by atoms with Gasteiger partial charge in [-0.1, -0.05) is 12.1 Å². The normalized spacial score (nSPS) is 9.41. The smallest absolute Gasteiger partial charge is 0.275 e. The van der Waals surface area contributed by atoms with E-state index in [0.29, 0.717) is 18.7 Å². The molecule has 0 fully saturated rings. The van der Waals surface area contributed by atoms with Crippen molar-refractivity contribution in [1.29, 1.82) is 0 Å². The molecule has 0 saturated carbocycles. The van der Waals surface area contributed by atoms with Crippen LogP contribution in [0.25, 0.3) is 0 Å². The van der Waals surface area contributed by atoms with Crippen molar-refractivity contribution >= 4 is 53.4 Å². The lowest BCUT2D eigenvalue weighted by Crippen LogP contribution is -2.17. The fourth-order valence-corrected chi connectivity index (χ4v) is 2.60. The number of aromatic nitrogens is 1. The molecule has 0 aliphatic rings. The number of halogens is 2. The van der Waals surface area contributed by atoms with Crippen molar-refractivity contribution < 1.29 is 4.79 Å². The van der Waals surface area contributed by atoms with Crippen LogP contribution in [0.15, 0.2) is 29.6 Å². The number of benzene rings is 1. The molecule has 0 saturated heterocycles. The molecule has 0 bridgehead atoms. The summed E-state index contributed by atoms with van der Waals surface area (Å²) in [6, 6.07) is 7.66. The fraction of sp³-hybridized carbons (Fsp3) is 0.286. The SMILES string of the molecule is CN(C)c1ccccc1NC(=O)c1csc(CCN)n1.Cl.Cl. The number of rotatable bonds is 5. The van der Waals surface area contributed by atoms with Crippen LogP contribution in [-0.4, -0.2) is 31.5 Å². The van der Waals surface area contributed by atoms with E-state index < -0.39 is 0 Å². The molecule has 1 amide bonds. The number of amides is 1. The summed E-state index contributed by atoms with van der Waals surface area (Å²) in [4.78, 5) is 18.4. The Morgan fingerprint density at radius 3 is 2.64 bits per heavy atom. The van der Waals surface area contributed by atoms with Gasteiger partial charge in [0, 0.05) is 25.9 Å². The van der Waals surface area contributed by atoms with Crippen molar-refractivity contribution in [2.45, 2.75) is 6.42 Å². The second-order valence-electron chi connectivity index (χ2n) is 4.53. The van der Waals surface area contributed by atoms with Crippen LogP contribution in [0.2, 0.25) is 0 Å². The van der Waals surface area contributed by atoms with E-state index in [4.69, 9.17) is 5.73 Å². The van der Waals surface area contributed by atoms with E-state index in [1.807, 2.05) is 43.3 Å². The average molecular weight is 363 g/mol. The van der Waals surface area contributed by atoms with Gasteiger partial charge in [-0.3, -0.25) is 4.79 Å². The Balaban J connectivity index is 0.00000220. The topological polar surface area (TPSA) is 71.2 Å². The molecule has 1 aromatic carbocycles. The monoisotopic (exact) mass is 362 g/mol. The Morgan fingerprint density at radius 1 is 1.32 bits per heavy atom. The van der Waals surface area contributed by atoms with Gasteiger partial charge in [-0.15, -0.1) is 36.2 Å². The molecule has 2 aromatic rings. The van der Waals surface area contributed by atoms with Gasteiger partial charge in [-0.2, -0.15) is 0 Å². The first-order chi connectivity index (χ1) is 9.61. The van der Waals surface area contributed by atoms with Gasteiger partial charge in [0.15, 0.2) is 0 Å². The van der Waals surface area contributed by atoms with E-state index in [1.165, 1.54) is 11.3 Å². The summed E-state index contributed by atoms with van der Waals surface area (Å²) in [5.41, 5.74) is 7.65. The molecule has 0 radical (unpaired) electrons. The first kappa shape index (κ1) is 20.7. The molecule has 1 aromatic heterocycles. The van der Waals surface area contributed by atoms with Crippen molar-refractivity contribution in [1.82, 2.24) is 4.98 Å². The van der Waals surface area contributed by atoms with E-state index in [2.05, 4.69) is 10.3 Å². The average Bonchev–Trinajstić information content (AvgIpc) is 2.88. The van der Waals surface area contributed by atoms with Crippen LogP contribution in [0.5, 0.6) is 0 Å². The molecule has 3 N–H and O–H groups in total. The highest BCUT2D eigenvalue weighted by Crippen LogP contribution is 2.24. The summed E-state index contributed by atoms with van der Waals surface area (Å²) >= 11 is 1.46. The fourth-order valence-electron chi connectivity index (χ4n) is 1.81. The van der Waals surface area contributed by atoms with Crippen molar-refractivity contribution in [2.75, 3.05) is 30.9 Å². The number of hydrogen-bond donors (Lipinski definition) is 2. The maximum Gasteiger partial charge on any atom is 0.275 e. The summed E-state index contributed by atoms with van der Waals surface area (Å²) in [6.45, 7) is 0.540. The van der Waals surface area contributed by atoms with Gasteiger partial charge in [0.25, 0.3) is 5.91 Å². The van der Waals surface area contributed by atoms with Crippen LogP contribution in [0.4, 0.5) is 11.4 Å². The Hall–Kier alpha value is -1.34. The quantitative estimate of drug-likeness (QED) is 0.857. The Kier molecular flexibility index (Phi) is 9.04. The third-order valence-corrected chi connectivity index (χ3v) is 3.69. The standard InChI is InChI=1S/C14H18N4OS.2ClH/c1-18(2)12-6-4-3-5-10(12)17-14(19)11-9-20-13(16-11)7-8-15;;/h3-6,9H,7-8,15H2,1-2H3,(H,17,19);2*1H. The largest absolute Gasteiger partial charge is 0.376 e. The van der Waals surface area contributed by atoms with Gasteiger partial charge in [0.05, 0.1) is 16.4 Å². The summed E-state index contributed by atoms with van der Waals surface area (Å²) < 4.78 is 0. The van der Waals surface area contributed by atoms with Crippen LogP contribution in [0, 0.1) is 0 Å². The summed E-state index contributed by atoms with van der Waals surface area (Å²) in [6.07, 6.45) is 0.701. The number of anilines is 2. The minimum atomic E-state index is -0.196.